The Hall–Kier alpha value is -2.63. The first-order valence-electron chi connectivity index (χ1n) is 34.1. The standard InChI is InChI=1S/C71H130O6/c1-4-7-10-13-16-19-22-25-27-29-30-31-32-33-34-35-36-37-38-39-40-42-43-46-49-52-55-58-61-64-70(73)76-67-68(66-75-69(72)63-60-57-54-51-48-45-24-21-18-15-12-9-6-3)77-71(74)65-62-59-56-53-50-47-44-41-28-26-23-20-17-14-11-8-5-2/h8,11,17,20-21,24,26,28,68H,4-7,9-10,12-16,18-19,22-23,25,27,29-67H2,1-3H3/b11-8-,20-17-,24-21-,28-26-. The third kappa shape index (κ3) is 64.1. The second kappa shape index (κ2) is 65.9. The molecule has 0 radical (unpaired) electrons. The molecule has 0 fully saturated rings. The van der Waals surface area contributed by atoms with Crippen molar-refractivity contribution in [3.05, 3.63) is 48.6 Å². The molecule has 0 bridgehead atoms. The fraction of sp³-hybridized carbons (Fsp3) is 0.845. The first-order chi connectivity index (χ1) is 38.0. The number of carbonyl (C=O) groups excluding carboxylic acids is 3. The Kier molecular flexibility index (Phi) is 63.6. The van der Waals surface area contributed by atoms with E-state index in [9.17, 15) is 14.4 Å². The topological polar surface area (TPSA) is 78.9 Å². The molecule has 6 nitrogen and oxygen atoms in total. The van der Waals surface area contributed by atoms with Gasteiger partial charge in [-0.05, 0) is 77.0 Å². The summed E-state index contributed by atoms with van der Waals surface area (Å²) in [6.45, 7) is 6.56. The highest BCUT2D eigenvalue weighted by molar-refractivity contribution is 5.71. The van der Waals surface area contributed by atoms with Gasteiger partial charge in [-0.2, -0.15) is 0 Å². The highest BCUT2D eigenvalue weighted by atomic mass is 16.6. The third-order valence-corrected chi connectivity index (χ3v) is 15.3. The summed E-state index contributed by atoms with van der Waals surface area (Å²) < 4.78 is 16.9. The van der Waals surface area contributed by atoms with E-state index in [1.165, 1.54) is 238 Å². The van der Waals surface area contributed by atoms with Crippen molar-refractivity contribution in [1.82, 2.24) is 0 Å². The van der Waals surface area contributed by atoms with E-state index in [0.29, 0.717) is 19.3 Å². The van der Waals surface area contributed by atoms with Gasteiger partial charge < -0.3 is 14.2 Å². The van der Waals surface area contributed by atoms with E-state index >= 15 is 0 Å². The fourth-order valence-corrected chi connectivity index (χ4v) is 10.2. The van der Waals surface area contributed by atoms with Gasteiger partial charge in [0.05, 0.1) is 0 Å². The van der Waals surface area contributed by atoms with Crippen LogP contribution >= 0.6 is 0 Å². The van der Waals surface area contributed by atoms with Gasteiger partial charge in [0.15, 0.2) is 6.10 Å². The molecule has 0 saturated heterocycles. The number of hydrogen-bond donors (Lipinski definition) is 0. The van der Waals surface area contributed by atoms with Gasteiger partial charge in [0.2, 0.25) is 0 Å². The molecule has 0 heterocycles. The first kappa shape index (κ1) is 74.4. The SMILES string of the molecule is CC/C=C\C/C=C\C/C=C\CCCCCCCCCC(=O)OC(COC(=O)CCCCCCC/C=C\CCCCCC)COC(=O)CCCCCCCCCCCCCCCCCCCCCCCCCCCCCCC. The van der Waals surface area contributed by atoms with Gasteiger partial charge in [0.1, 0.15) is 13.2 Å². The van der Waals surface area contributed by atoms with E-state index in [2.05, 4.69) is 69.4 Å². The minimum absolute atomic E-state index is 0.0763. The monoisotopic (exact) mass is 1080 g/mol. The lowest BCUT2D eigenvalue weighted by molar-refractivity contribution is -0.167. The Morgan fingerprint density at radius 3 is 0.818 bits per heavy atom. The molecule has 0 saturated carbocycles. The molecule has 0 aromatic rings. The number of hydrogen-bond acceptors (Lipinski definition) is 6. The molecule has 0 rings (SSSR count). The Bertz CT molecular complexity index is 1330. The lowest BCUT2D eigenvalue weighted by Gasteiger charge is -2.18. The molecule has 0 aromatic heterocycles. The summed E-state index contributed by atoms with van der Waals surface area (Å²) in [7, 11) is 0. The number of ether oxygens (including phenoxy) is 3. The largest absolute Gasteiger partial charge is 0.462 e. The van der Waals surface area contributed by atoms with Crippen LogP contribution in [-0.2, 0) is 28.6 Å². The summed E-state index contributed by atoms with van der Waals surface area (Å²) in [5, 5.41) is 0. The Balaban J connectivity index is 4.17. The van der Waals surface area contributed by atoms with Crippen LogP contribution < -0.4 is 0 Å². The van der Waals surface area contributed by atoms with Gasteiger partial charge in [-0.15, -0.1) is 0 Å². The van der Waals surface area contributed by atoms with Crippen LogP contribution in [0, 0.1) is 0 Å². The van der Waals surface area contributed by atoms with Crippen LogP contribution in [0.1, 0.15) is 367 Å². The third-order valence-electron chi connectivity index (χ3n) is 15.3. The summed E-state index contributed by atoms with van der Waals surface area (Å²) >= 11 is 0. The molecular weight excluding hydrogens is 949 g/mol. The second-order valence-corrected chi connectivity index (χ2v) is 23.1. The lowest BCUT2D eigenvalue weighted by atomic mass is 10.0. The van der Waals surface area contributed by atoms with Crippen LogP contribution in [0.2, 0.25) is 0 Å². The van der Waals surface area contributed by atoms with Crippen molar-refractivity contribution in [2.75, 3.05) is 13.2 Å². The van der Waals surface area contributed by atoms with Crippen molar-refractivity contribution in [1.29, 1.82) is 0 Å². The Morgan fingerprint density at radius 1 is 0.273 bits per heavy atom. The molecule has 0 spiro atoms. The van der Waals surface area contributed by atoms with E-state index in [1.54, 1.807) is 0 Å². The molecule has 1 unspecified atom stereocenters. The summed E-state index contributed by atoms with van der Waals surface area (Å²) in [6, 6.07) is 0. The number of allylic oxidation sites excluding steroid dienone is 8. The molecular formula is C71H130O6. The zero-order valence-corrected chi connectivity index (χ0v) is 51.7. The molecule has 6 heteroatoms. The van der Waals surface area contributed by atoms with Gasteiger partial charge in [-0.25, -0.2) is 0 Å². The van der Waals surface area contributed by atoms with Crippen molar-refractivity contribution < 1.29 is 28.6 Å². The minimum Gasteiger partial charge on any atom is -0.462 e. The number of carbonyl (C=O) groups is 3. The molecule has 450 valence electrons. The summed E-state index contributed by atoms with van der Waals surface area (Å²) in [6.07, 6.45) is 82.9. The average molecular weight is 1080 g/mol. The van der Waals surface area contributed by atoms with Crippen molar-refractivity contribution in [2.45, 2.75) is 374 Å². The number of esters is 3. The smallest absolute Gasteiger partial charge is 0.306 e. The van der Waals surface area contributed by atoms with Crippen LogP contribution in [0.25, 0.3) is 0 Å². The number of unbranched alkanes of at least 4 members (excludes halogenated alkanes) is 44. The van der Waals surface area contributed by atoms with Crippen molar-refractivity contribution >= 4 is 17.9 Å². The summed E-state index contributed by atoms with van der Waals surface area (Å²) in [5.74, 6) is -0.874. The van der Waals surface area contributed by atoms with Crippen LogP contribution in [0.5, 0.6) is 0 Å². The van der Waals surface area contributed by atoms with Crippen LogP contribution in [0.4, 0.5) is 0 Å². The van der Waals surface area contributed by atoms with Gasteiger partial charge in [-0.3, -0.25) is 14.4 Å². The summed E-state index contributed by atoms with van der Waals surface area (Å²) in [4.78, 5) is 38.3. The van der Waals surface area contributed by atoms with E-state index in [1.807, 2.05) is 0 Å². The second-order valence-electron chi connectivity index (χ2n) is 23.1. The maximum atomic E-state index is 12.9. The van der Waals surface area contributed by atoms with Crippen LogP contribution in [-0.4, -0.2) is 37.2 Å². The molecule has 0 amide bonds. The quantitative estimate of drug-likeness (QED) is 0.0261. The predicted octanol–water partition coefficient (Wildman–Crippen LogP) is 23.3. The highest BCUT2D eigenvalue weighted by Crippen LogP contribution is 2.18. The van der Waals surface area contributed by atoms with E-state index in [-0.39, 0.29) is 31.1 Å². The van der Waals surface area contributed by atoms with Crippen molar-refractivity contribution in [3.8, 4) is 0 Å². The molecule has 0 aliphatic heterocycles. The van der Waals surface area contributed by atoms with Crippen LogP contribution in [0.15, 0.2) is 48.6 Å². The molecule has 1 atom stereocenters. The van der Waals surface area contributed by atoms with Gasteiger partial charge in [0.25, 0.3) is 0 Å². The molecule has 0 aliphatic carbocycles. The molecule has 0 aromatic carbocycles. The maximum absolute atomic E-state index is 12.9. The molecule has 0 N–H and O–H groups in total. The number of rotatable bonds is 63. The zero-order chi connectivity index (χ0) is 55.7. The van der Waals surface area contributed by atoms with E-state index in [0.717, 1.165) is 89.9 Å². The van der Waals surface area contributed by atoms with Crippen molar-refractivity contribution in [2.24, 2.45) is 0 Å². The Labute approximate surface area is 479 Å². The average Bonchev–Trinajstić information content (AvgIpc) is 3.43. The van der Waals surface area contributed by atoms with Gasteiger partial charge in [0, 0.05) is 19.3 Å². The molecule has 77 heavy (non-hydrogen) atoms. The first-order valence-corrected chi connectivity index (χ1v) is 34.1. The zero-order valence-electron chi connectivity index (χ0n) is 51.7. The fourth-order valence-electron chi connectivity index (χ4n) is 10.2. The predicted molar refractivity (Wildman–Crippen MR) is 335 cm³/mol. The van der Waals surface area contributed by atoms with Gasteiger partial charge in [-0.1, -0.05) is 320 Å². The molecule has 0 aliphatic rings. The van der Waals surface area contributed by atoms with Crippen LogP contribution in [0.3, 0.4) is 0 Å². The highest BCUT2D eigenvalue weighted by Gasteiger charge is 2.19. The van der Waals surface area contributed by atoms with Crippen molar-refractivity contribution in [3.63, 3.8) is 0 Å². The normalized spacial score (nSPS) is 12.3. The lowest BCUT2D eigenvalue weighted by Crippen LogP contribution is -2.30. The maximum Gasteiger partial charge on any atom is 0.306 e. The summed E-state index contributed by atoms with van der Waals surface area (Å²) in [5.41, 5.74) is 0. The van der Waals surface area contributed by atoms with Gasteiger partial charge >= 0.3 is 17.9 Å². The van der Waals surface area contributed by atoms with E-state index < -0.39 is 6.10 Å². The van der Waals surface area contributed by atoms with E-state index in [4.69, 9.17) is 14.2 Å². The Morgan fingerprint density at radius 2 is 0.506 bits per heavy atom. The minimum atomic E-state index is -0.781.